The molecule has 5 heteroatoms. The normalized spacial score (nSPS) is 12.0. The van der Waals surface area contributed by atoms with Gasteiger partial charge in [-0.15, -0.1) is 11.3 Å². The molecule has 302 valence electrons. The van der Waals surface area contributed by atoms with Gasteiger partial charge in [-0.05, 0) is 97.5 Å². The molecule has 0 aliphatic heterocycles. The molecule has 4 aromatic heterocycles. The van der Waals surface area contributed by atoms with Gasteiger partial charge < -0.3 is 4.57 Å². The molecule has 65 heavy (non-hydrogen) atoms. The molecule has 0 aliphatic rings. The van der Waals surface area contributed by atoms with E-state index in [0.717, 1.165) is 54.7 Å². The van der Waals surface area contributed by atoms with Crippen LogP contribution >= 0.6 is 11.3 Å². The first-order valence-corrected chi connectivity index (χ1v) is 22.9. The van der Waals surface area contributed by atoms with Crippen LogP contribution in [0.4, 0.5) is 0 Å². The van der Waals surface area contributed by atoms with Crippen LogP contribution in [-0.2, 0) is 0 Å². The second kappa shape index (κ2) is 14.1. The van der Waals surface area contributed by atoms with Gasteiger partial charge in [-0.2, -0.15) is 0 Å². The van der Waals surface area contributed by atoms with Gasteiger partial charge in [-0.25, -0.2) is 9.97 Å². The average Bonchev–Trinajstić information content (AvgIpc) is 4.06. The van der Waals surface area contributed by atoms with E-state index in [2.05, 4.69) is 228 Å². The number of para-hydroxylation sites is 1. The molecule has 0 saturated carbocycles. The van der Waals surface area contributed by atoms with E-state index < -0.39 is 0 Å². The number of aromatic nitrogens is 4. The summed E-state index contributed by atoms with van der Waals surface area (Å²) in [5.41, 5.74) is 12.1. The molecule has 0 bridgehead atoms. The number of rotatable bonds is 5. The van der Waals surface area contributed by atoms with Crippen molar-refractivity contribution in [2.45, 2.75) is 0 Å². The van der Waals surface area contributed by atoms with Crippen LogP contribution < -0.4 is 0 Å². The quantitative estimate of drug-likeness (QED) is 0.173. The van der Waals surface area contributed by atoms with E-state index in [1.54, 1.807) is 11.3 Å². The lowest BCUT2D eigenvalue weighted by Crippen LogP contribution is -2.02. The molecule has 14 aromatic rings. The van der Waals surface area contributed by atoms with Crippen LogP contribution in [0.15, 0.2) is 218 Å². The second-order valence-corrected chi connectivity index (χ2v) is 18.0. The van der Waals surface area contributed by atoms with E-state index in [1.165, 1.54) is 70.0 Å². The van der Waals surface area contributed by atoms with E-state index in [4.69, 9.17) is 9.97 Å². The van der Waals surface area contributed by atoms with Gasteiger partial charge in [-0.3, -0.25) is 4.57 Å². The summed E-state index contributed by atoms with van der Waals surface area (Å²) >= 11 is 1.77. The maximum atomic E-state index is 5.52. The lowest BCUT2D eigenvalue weighted by molar-refractivity contribution is 1.02. The minimum absolute atomic E-state index is 0.655. The van der Waals surface area contributed by atoms with Crippen molar-refractivity contribution in [3.63, 3.8) is 0 Å². The standard InChI is InChI=1S/C60H36N4S/c1-3-17-40(18-4-1)58-59-50(36-55(65-59)47-25-13-19-37-14-7-10-22-44(37)47)61-60(62-58)64-51-31-29-41(34-49(51)57-46-24-12-9-16-39(46)28-33-53(57)64)42-26-30-48-54(35-42)63(43-20-5-2-6-21-43)52-32-27-38-15-8-11-23-45(38)56(48)52/h1-36H. The van der Waals surface area contributed by atoms with Gasteiger partial charge in [0.1, 0.15) is 0 Å². The first kappa shape index (κ1) is 36.1. The third-order valence-electron chi connectivity index (χ3n) is 13.3. The Morgan fingerprint density at radius 2 is 0.938 bits per heavy atom. The van der Waals surface area contributed by atoms with Crippen LogP contribution in [0.3, 0.4) is 0 Å². The number of nitrogens with zero attached hydrogens (tertiary/aromatic N) is 4. The molecular weight excluding hydrogens is 809 g/mol. The Hall–Kier alpha value is -8.38. The van der Waals surface area contributed by atoms with Crippen LogP contribution in [0.1, 0.15) is 0 Å². The monoisotopic (exact) mass is 844 g/mol. The first-order valence-electron chi connectivity index (χ1n) is 22.1. The van der Waals surface area contributed by atoms with E-state index in [9.17, 15) is 0 Å². The smallest absolute Gasteiger partial charge is 0.235 e. The fourth-order valence-electron chi connectivity index (χ4n) is 10.4. The van der Waals surface area contributed by atoms with Crippen molar-refractivity contribution in [1.29, 1.82) is 0 Å². The molecule has 10 aromatic carbocycles. The van der Waals surface area contributed by atoms with Gasteiger partial charge in [-0.1, -0.05) is 170 Å². The zero-order valence-corrected chi connectivity index (χ0v) is 35.8. The number of fused-ring (bicyclic) bond motifs is 12. The van der Waals surface area contributed by atoms with Crippen molar-refractivity contribution in [2.75, 3.05) is 0 Å². The average molecular weight is 845 g/mol. The second-order valence-electron chi connectivity index (χ2n) is 16.9. The van der Waals surface area contributed by atoms with E-state index >= 15 is 0 Å². The van der Waals surface area contributed by atoms with Crippen molar-refractivity contribution in [3.05, 3.63) is 218 Å². The third kappa shape index (κ3) is 5.49. The van der Waals surface area contributed by atoms with Crippen molar-refractivity contribution in [1.82, 2.24) is 19.1 Å². The van der Waals surface area contributed by atoms with Crippen molar-refractivity contribution < 1.29 is 0 Å². The van der Waals surface area contributed by atoms with E-state index in [0.29, 0.717) is 5.95 Å². The zero-order valence-electron chi connectivity index (χ0n) is 35.0. The summed E-state index contributed by atoms with van der Waals surface area (Å²) in [6, 6.07) is 79.1. The van der Waals surface area contributed by atoms with Gasteiger partial charge >= 0.3 is 0 Å². The Kier molecular flexibility index (Phi) is 7.82. The van der Waals surface area contributed by atoms with E-state index in [1.807, 2.05) is 0 Å². The molecule has 0 spiro atoms. The molecule has 0 unspecified atom stereocenters. The highest BCUT2D eigenvalue weighted by atomic mass is 32.1. The Balaban J connectivity index is 1.02. The van der Waals surface area contributed by atoms with Crippen LogP contribution in [0.25, 0.3) is 131 Å². The fraction of sp³-hybridized carbons (Fsp3) is 0. The molecule has 14 rings (SSSR count). The molecule has 0 atom stereocenters. The lowest BCUT2D eigenvalue weighted by Gasteiger charge is -2.10. The topological polar surface area (TPSA) is 35.6 Å². The van der Waals surface area contributed by atoms with Gasteiger partial charge in [0.25, 0.3) is 0 Å². The van der Waals surface area contributed by atoms with Crippen LogP contribution in [0, 0.1) is 0 Å². The Bertz CT molecular complexity index is 4230. The van der Waals surface area contributed by atoms with Gasteiger partial charge in [0.2, 0.25) is 5.95 Å². The number of thiophene rings is 1. The zero-order chi connectivity index (χ0) is 42.6. The minimum Gasteiger partial charge on any atom is -0.309 e. The van der Waals surface area contributed by atoms with Crippen molar-refractivity contribution in [3.8, 4) is 44.5 Å². The van der Waals surface area contributed by atoms with Gasteiger partial charge in [0.15, 0.2) is 0 Å². The highest BCUT2D eigenvalue weighted by Crippen LogP contribution is 2.44. The SMILES string of the molecule is c1ccc(-c2nc(-n3c4ccc(-c5ccc6c7c8ccccc8ccc7n(-c7ccccc7)c6c5)cc4c4c5ccccc5ccc43)nc3cc(-c4cccc5ccccc45)sc23)cc1. The molecule has 0 amide bonds. The summed E-state index contributed by atoms with van der Waals surface area (Å²) in [5.74, 6) is 0.655. The van der Waals surface area contributed by atoms with E-state index in [-0.39, 0.29) is 0 Å². The van der Waals surface area contributed by atoms with Gasteiger partial charge in [0, 0.05) is 37.7 Å². The van der Waals surface area contributed by atoms with Crippen LogP contribution in [-0.4, -0.2) is 19.1 Å². The Morgan fingerprint density at radius 1 is 0.354 bits per heavy atom. The molecular formula is C60H36N4S. The summed E-state index contributed by atoms with van der Waals surface area (Å²) in [7, 11) is 0. The summed E-state index contributed by atoms with van der Waals surface area (Å²) in [5, 5.41) is 12.2. The van der Waals surface area contributed by atoms with Crippen molar-refractivity contribution >= 4 is 97.5 Å². The maximum Gasteiger partial charge on any atom is 0.235 e. The number of hydrogen-bond acceptors (Lipinski definition) is 3. The largest absolute Gasteiger partial charge is 0.309 e. The predicted molar refractivity (Wildman–Crippen MR) is 275 cm³/mol. The van der Waals surface area contributed by atoms with Crippen LogP contribution in [0.5, 0.6) is 0 Å². The summed E-state index contributed by atoms with van der Waals surface area (Å²) < 4.78 is 5.78. The number of hydrogen-bond donors (Lipinski definition) is 0. The molecule has 0 aliphatic carbocycles. The highest BCUT2D eigenvalue weighted by Gasteiger charge is 2.22. The number of benzene rings is 10. The molecule has 0 saturated heterocycles. The highest BCUT2D eigenvalue weighted by molar-refractivity contribution is 7.22. The van der Waals surface area contributed by atoms with Crippen LogP contribution in [0.2, 0.25) is 0 Å². The molecule has 0 N–H and O–H groups in total. The summed E-state index contributed by atoms with van der Waals surface area (Å²) in [6.45, 7) is 0. The lowest BCUT2D eigenvalue weighted by atomic mass is 9.98. The maximum absolute atomic E-state index is 5.52. The summed E-state index contributed by atoms with van der Waals surface area (Å²) in [6.07, 6.45) is 0. The summed E-state index contributed by atoms with van der Waals surface area (Å²) in [4.78, 5) is 12.2. The molecule has 4 heterocycles. The molecule has 0 fully saturated rings. The fourth-order valence-corrected chi connectivity index (χ4v) is 11.5. The van der Waals surface area contributed by atoms with Crippen molar-refractivity contribution in [2.24, 2.45) is 0 Å². The Morgan fingerprint density at radius 3 is 1.69 bits per heavy atom. The predicted octanol–water partition coefficient (Wildman–Crippen LogP) is 16.3. The first-order chi connectivity index (χ1) is 32.2. The Labute approximate surface area is 377 Å². The molecule has 0 radical (unpaired) electrons. The third-order valence-corrected chi connectivity index (χ3v) is 14.5. The minimum atomic E-state index is 0.655. The molecule has 4 nitrogen and oxygen atoms in total. The van der Waals surface area contributed by atoms with Gasteiger partial charge in [0.05, 0.1) is 38.0 Å².